The number of nitriles is 3. The molecule has 0 amide bonds. The molecular weight excluding hydrogens is 324 g/mol. The van der Waals surface area contributed by atoms with Crippen LogP contribution in [0.2, 0.25) is 0 Å². The van der Waals surface area contributed by atoms with Crippen molar-refractivity contribution in [1.82, 2.24) is 9.88 Å². The van der Waals surface area contributed by atoms with E-state index in [1.165, 1.54) is 0 Å². The zero-order valence-electron chi connectivity index (χ0n) is 14.7. The average molecular weight is 344 g/mol. The Labute approximate surface area is 153 Å². The molecule has 130 valence electrons. The predicted molar refractivity (Wildman–Crippen MR) is 95.8 cm³/mol. The predicted octanol–water partition coefficient (Wildman–Crippen LogP) is 2.22. The summed E-state index contributed by atoms with van der Waals surface area (Å²) in [5.74, 6) is -0.616. The van der Waals surface area contributed by atoms with Gasteiger partial charge in [-0.25, -0.2) is 0 Å². The molecule has 2 aliphatic rings. The SMILES string of the molecule is CCCN1CC=C2C(C#N)=C(N)C(C#N)(C#N)[C@@H](c3cccnc3)[C@H]2C1. The summed E-state index contributed by atoms with van der Waals surface area (Å²) in [7, 11) is 0. The van der Waals surface area contributed by atoms with Gasteiger partial charge >= 0.3 is 0 Å². The molecule has 6 heteroatoms. The Morgan fingerprint density at radius 2 is 2.12 bits per heavy atom. The number of pyridine rings is 1. The summed E-state index contributed by atoms with van der Waals surface area (Å²) in [6.07, 6.45) is 6.39. The highest BCUT2D eigenvalue weighted by Gasteiger charge is 2.54. The lowest BCUT2D eigenvalue weighted by Crippen LogP contribution is -2.48. The van der Waals surface area contributed by atoms with E-state index in [4.69, 9.17) is 5.73 Å². The van der Waals surface area contributed by atoms with E-state index >= 15 is 0 Å². The van der Waals surface area contributed by atoms with Gasteiger partial charge in [-0.2, -0.15) is 15.8 Å². The van der Waals surface area contributed by atoms with Crippen molar-refractivity contribution in [2.45, 2.75) is 19.3 Å². The van der Waals surface area contributed by atoms with Crippen LogP contribution in [0.3, 0.4) is 0 Å². The largest absolute Gasteiger partial charge is 0.399 e. The van der Waals surface area contributed by atoms with Gasteiger partial charge in [0, 0.05) is 37.3 Å². The number of allylic oxidation sites excluding steroid dienone is 2. The molecule has 1 aromatic heterocycles. The zero-order chi connectivity index (χ0) is 18.7. The minimum absolute atomic E-state index is 0.0605. The molecule has 26 heavy (non-hydrogen) atoms. The third-order valence-corrected chi connectivity index (χ3v) is 5.32. The number of hydrogen-bond acceptors (Lipinski definition) is 6. The summed E-state index contributed by atoms with van der Waals surface area (Å²) in [5, 5.41) is 29.6. The standard InChI is InChI=1S/C20H20N6/c1-2-7-26-8-5-15-16(9-21)19(24)20(12-22,13-23)18(17(15)11-26)14-4-3-6-25-10-14/h3-6,10,17-18H,2,7-8,11,24H2,1H3/t17-,18-/m0/s1. The fourth-order valence-electron chi connectivity index (χ4n) is 4.17. The number of rotatable bonds is 3. The van der Waals surface area contributed by atoms with Crippen LogP contribution in [-0.4, -0.2) is 29.5 Å². The van der Waals surface area contributed by atoms with Crippen LogP contribution in [0.1, 0.15) is 24.8 Å². The monoisotopic (exact) mass is 344 g/mol. The molecular formula is C20H20N6. The summed E-state index contributed by atoms with van der Waals surface area (Å²) in [5.41, 5.74) is 6.67. The van der Waals surface area contributed by atoms with Crippen molar-refractivity contribution in [2.24, 2.45) is 17.1 Å². The zero-order valence-corrected chi connectivity index (χ0v) is 14.7. The first kappa shape index (κ1) is 17.7. The van der Waals surface area contributed by atoms with Crippen LogP contribution in [0.4, 0.5) is 0 Å². The average Bonchev–Trinajstić information content (AvgIpc) is 2.68. The lowest BCUT2D eigenvalue weighted by Gasteiger charge is -2.45. The van der Waals surface area contributed by atoms with E-state index in [1.807, 2.05) is 12.1 Å². The first-order chi connectivity index (χ1) is 12.6. The topological polar surface area (TPSA) is 114 Å². The molecule has 0 unspecified atom stereocenters. The highest BCUT2D eigenvalue weighted by Crippen LogP contribution is 2.53. The molecule has 0 bridgehead atoms. The van der Waals surface area contributed by atoms with E-state index in [2.05, 4.69) is 35.0 Å². The molecule has 1 aromatic rings. The second kappa shape index (κ2) is 7.00. The molecule has 1 aliphatic heterocycles. The minimum atomic E-state index is -1.58. The Kier molecular flexibility index (Phi) is 4.76. The molecule has 0 fully saturated rings. The number of aromatic nitrogens is 1. The summed E-state index contributed by atoms with van der Waals surface area (Å²) in [6.45, 7) is 4.46. The maximum Gasteiger partial charge on any atom is 0.191 e. The van der Waals surface area contributed by atoms with Gasteiger partial charge in [0.05, 0.1) is 23.4 Å². The number of hydrogen-bond donors (Lipinski definition) is 1. The molecule has 0 saturated carbocycles. The third-order valence-electron chi connectivity index (χ3n) is 5.32. The van der Waals surface area contributed by atoms with Crippen molar-refractivity contribution in [3.05, 3.63) is 53.0 Å². The molecule has 0 radical (unpaired) electrons. The van der Waals surface area contributed by atoms with Gasteiger partial charge in [-0.1, -0.05) is 19.1 Å². The Bertz CT molecular complexity index is 864. The number of fused-ring (bicyclic) bond motifs is 1. The van der Waals surface area contributed by atoms with E-state index in [0.29, 0.717) is 6.54 Å². The molecule has 1 aliphatic carbocycles. The quantitative estimate of drug-likeness (QED) is 0.899. The van der Waals surface area contributed by atoms with E-state index in [1.54, 1.807) is 18.5 Å². The van der Waals surface area contributed by atoms with E-state index in [0.717, 1.165) is 30.6 Å². The third kappa shape index (κ3) is 2.54. The van der Waals surface area contributed by atoms with Gasteiger partial charge in [0.15, 0.2) is 5.41 Å². The molecule has 3 rings (SSSR count). The molecule has 0 saturated heterocycles. The first-order valence-electron chi connectivity index (χ1n) is 8.68. The Balaban J connectivity index is 2.26. The minimum Gasteiger partial charge on any atom is -0.399 e. The van der Waals surface area contributed by atoms with Crippen LogP contribution < -0.4 is 5.73 Å². The Morgan fingerprint density at radius 1 is 1.35 bits per heavy atom. The van der Waals surface area contributed by atoms with Gasteiger partial charge in [-0.15, -0.1) is 0 Å². The maximum atomic E-state index is 9.97. The fraction of sp³-hybridized carbons (Fsp3) is 0.400. The summed E-state index contributed by atoms with van der Waals surface area (Å²) < 4.78 is 0. The van der Waals surface area contributed by atoms with Crippen molar-refractivity contribution in [1.29, 1.82) is 15.8 Å². The van der Waals surface area contributed by atoms with Gasteiger partial charge in [-0.05, 0) is 30.2 Å². The van der Waals surface area contributed by atoms with Crippen LogP contribution in [0.15, 0.2) is 47.4 Å². The van der Waals surface area contributed by atoms with Gasteiger partial charge in [0.25, 0.3) is 0 Å². The van der Waals surface area contributed by atoms with E-state index < -0.39 is 11.3 Å². The molecule has 0 aromatic carbocycles. The number of nitrogens with zero attached hydrogens (tertiary/aromatic N) is 5. The summed E-state index contributed by atoms with van der Waals surface area (Å²) in [4.78, 5) is 6.46. The Hall–Kier alpha value is -3.14. The van der Waals surface area contributed by atoms with Crippen molar-refractivity contribution < 1.29 is 0 Å². The lowest BCUT2D eigenvalue weighted by molar-refractivity contribution is 0.207. The second-order valence-electron chi connectivity index (χ2n) is 6.72. The molecule has 2 atom stereocenters. The lowest BCUT2D eigenvalue weighted by atomic mass is 9.58. The van der Waals surface area contributed by atoms with E-state index in [-0.39, 0.29) is 17.2 Å². The smallest absolute Gasteiger partial charge is 0.191 e. The van der Waals surface area contributed by atoms with Crippen LogP contribution in [-0.2, 0) is 0 Å². The maximum absolute atomic E-state index is 9.97. The summed E-state index contributed by atoms with van der Waals surface area (Å²) >= 11 is 0. The van der Waals surface area contributed by atoms with Gasteiger partial charge in [-0.3, -0.25) is 9.88 Å². The molecule has 0 spiro atoms. The Morgan fingerprint density at radius 3 is 2.69 bits per heavy atom. The van der Waals surface area contributed by atoms with Crippen molar-refractivity contribution in [2.75, 3.05) is 19.6 Å². The molecule has 2 heterocycles. The van der Waals surface area contributed by atoms with Crippen LogP contribution in [0, 0.1) is 45.3 Å². The first-order valence-corrected chi connectivity index (χ1v) is 8.68. The van der Waals surface area contributed by atoms with Crippen LogP contribution in [0.5, 0.6) is 0 Å². The summed E-state index contributed by atoms with van der Waals surface area (Å²) in [6, 6.07) is 10.1. The van der Waals surface area contributed by atoms with Gasteiger partial charge < -0.3 is 5.73 Å². The van der Waals surface area contributed by atoms with Gasteiger partial charge in [0.2, 0.25) is 0 Å². The highest BCUT2D eigenvalue weighted by molar-refractivity contribution is 5.59. The van der Waals surface area contributed by atoms with Crippen molar-refractivity contribution >= 4 is 0 Å². The fourth-order valence-corrected chi connectivity index (χ4v) is 4.17. The van der Waals surface area contributed by atoms with Crippen molar-refractivity contribution in [3.8, 4) is 18.2 Å². The van der Waals surface area contributed by atoms with Crippen LogP contribution in [0.25, 0.3) is 0 Å². The van der Waals surface area contributed by atoms with Crippen LogP contribution >= 0.6 is 0 Å². The second-order valence-corrected chi connectivity index (χ2v) is 6.72. The van der Waals surface area contributed by atoms with E-state index in [9.17, 15) is 15.8 Å². The van der Waals surface area contributed by atoms with Gasteiger partial charge in [0.1, 0.15) is 6.07 Å². The normalized spacial score (nSPS) is 24.6. The number of nitrogens with two attached hydrogens (primary N) is 1. The van der Waals surface area contributed by atoms with Crippen molar-refractivity contribution in [3.63, 3.8) is 0 Å². The molecule has 6 nitrogen and oxygen atoms in total. The molecule has 2 N–H and O–H groups in total. The highest BCUT2D eigenvalue weighted by atomic mass is 15.1.